The average Bonchev–Trinajstić information content (AvgIpc) is 2.97. The van der Waals surface area contributed by atoms with Crippen LogP contribution < -0.4 is 0 Å². The molecule has 3 aromatic rings. The predicted octanol–water partition coefficient (Wildman–Crippen LogP) is 3.70. The van der Waals surface area contributed by atoms with Crippen LogP contribution in [-0.2, 0) is 19.5 Å². The van der Waals surface area contributed by atoms with Gasteiger partial charge in [0.1, 0.15) is 0 Å². The molecule has 1 atom stereocenters. The summed E-state index contributed by atoms with van der Waals surface area (Å²) in [5, 5.41) is 4.59. The predicted molar refractivity (Wildman–Crippen MR) is 101 cm³/mol. The lowest BCUT2D eigenvalue weighted by molar-refractivity contribution is 0.246. The molecule has 0 amide bonds. The molecule has 0 fully saturated rings. The van der Waals surface area contributed by atoms with Gasteiger partial charge in [0.2, 0.25) is 0 Å². The Morgan fingerprint density at radius 2 is 1.84 bits per heavy atom. The van der Waals surface area contributed by atoms with Crippen molar-refractivity contribution in [3.8, 4) is 0 Å². The van der Waals surface area contributed by atoms with Crippen LogP contribution in [0.2, 0.25) is 0 Å². The Hall–Kier alpha value is -2.46. The van der Waals surface area contributed by atoms with Gasteiger partial charge < -0.3 is 0 Å². The third-order valence-electron chi connectivity index (χ3n) is 4.78. The second-order valence-electron chi connectivity index (χ2n) is 6.69. The van der Waals surface area contributed by atoms with Crippen molar-refractivity contribution in [2.75, 3.05) is 7.05 Å². The fraction of sp³-hybridized carbons (Fsp3) is 0.333. The summed E-state index contributed by atoms with van der Waals surface area (Å²) >= 11 is 0. The minimum absolute atomic E-state index is 0.423. The van der Waals surface area contributed by atoms with E-state index in [1.54, 1.807) is 0 Å². The van der Waals surface area contributed by atoms with Gasteiger partial charge in [-0.2, -0.15) is 5.10 Å². The number of aromatic nitrogens is 3. The first-order valence-corrected chi connectivity index (χ1v) is 8.79. The largest absolute Gasteiger partial charge is 0.299 e. The first kappa shape index (κ1) is 17.4. The Kier molecular flexibility index (Phi) is 5.61. The van der Waals surface area contributed by atoms with Crippen molar-refractivity contribution in [1.29, 1.82) is 0 Å². The van der Waals surface area contributed by atoms with E-state index in [1.165, 1.54) is 16.8 Å². The lowest BCUT2D eigenvalue weighted by Gasteiger charge is -2.24. The fourth-order valence-corrected chi connectivity index (χ4v) is 2.96. The third-order valence-corrected chi connectivity index (χ3v) is 4.78. The third kappa shape index (κ3) is 4.54. The molecule has 0 bridgehead atoms. The van der Waals surface area contributed by atoms with Crippen molar-refractivity contribution >= 4 is 0 Å². The Morgan fingerprint density at radius 1 is 1.08 bits per heavy atom. The molecule has 0 N–H and O–H groups in total. The van der Waals surface area contributed by atoms with E-state index in [-0.39, 0.29) is 0 Å². The molecule has 2 heterocycles. The topological polar surface area (TPSA) is 34.0 Å². The van der Waals surface area contributed by atoms with Crippen molar-refractivity contribution < 1.29 is 0 Å². The van der Waals surface area contributed by atoms with Crippen molar-refractivity contribution in [3.63, 3.8) is 0 Å². The molecule has 0 unspecified atom stereocenters. The summed E-state index contributed by atoms with van der Waals surface area (Å²) in [5.74, 6) is 0. The highest BCUT2D eigenvalue weighted by molar-refractivity contribution is 5.20. The molecule has 0 aliphatic rings. The molecule has 0 aliphatic heterocycles. The smallest absolute Gasteiger partial charge is 0.0662 e. The number of nitrogens with zero attached hydrogens (tertiary/aromatic N) is 4. The van der Waals surface area contributed by atoms with Crippen LogP contribution in [0, 0.1) is 6.92 Å². The van der Waals surface area contributed by atoms with Gasteiger partial charge in [-0.1, -0.05) is 36.4 Å². The molecule has 4 heteroatoms. The van der Waals surface area contributed by atoms with Gasteiger partial charge in [-0.3, -0.25) is 14.6 Å². The lowest BCUT2D eigenvalue weighted by Crippen LogP contribution is -2.30. The Bertz CT molecular complexity index is 780. The SMILES string of the molecule is Cc1c(CN(C)[C@@H](C)Cc2ccccn2)cnn1Cc1ccccc1. The van der Waals surface area contributed by atoms with Crippen LogP contribution in [0.5, 0.6) is 0 Å². The Labute approximate surface area is 150 Å². The maximum Gasteiger partial charge on any atom is 0.0662 e. The van der Waals surface area contributed by atoms with Crippen LogP contribution in [0.3, 0.4) is 0 Å². The number of rotatable bonds is 7. The van der Waals surface area contributed by atoms with Crippen molar-refractivity contribution in [2.45, 2.75) is 39.4 Å². The highest BCUT2D eigenvalue weighted by Crippen LogP contribution is 2.14. The summed E-state index contributed by atoms with van der Waals surface area (Å²) < 4.78 is 2.09. The van der Waals surface area contributed by atoms with E-state index in [1.807, 2.05) is 30.6 Å². The van der Waals surface area contributed by atoms with Crippen molar-refractivity contribution in [2.24, 2.45) is 0 Å². The van der Waals surface area contributed by atoms with Gasteiger partial charge in [0.25, 0.3) is 0 Å². The number of likely N-dealkylation sites (N-methyl/N-ethyl adjacent to an activating group) is 1. The van der Waals surface area contributed by atoms with Gasteiger partial charge in [0.05, 0.1) is 12.7 Å². The number of benzene rings is 1. The average molecular weight is 334 g/mol. The van der Waals surface area contributed by atoms with Crippen LogP contribution in [-0.4, -0.2) is 32.8 Å². The summed E-state index contributed by atoms with van der Waals surface area (Å²) in [6.45, 7) is 6.12. The van der Waals surface area contributed by atoms with Crippen LogP contribution in [0.25, 0.3) is 0 Å². The quantitative estimate of drug-likeness (QED) is 0.661. The van der Waals surface area contributed by atoms with Crippen LogP contribution >= 0.6 is 0 Å². The number of pyridine rings is 1. The molecule has 25 heavy (non-hydrogen) atoms. The summed E-state index contributed by atoms with van der Waals surface area (Å²) in [7, 11) is 2.17. The molecular formula is C21H26N4. The van der Waals surface area contributed by atoms with E-state index in [2.05, 4.69) is 70.9 Å². The zero-order valence-electron chi connectivity index (χ0n) is 15.3. The maximum atomic E-state index is 4.59. The highest BCUT2D eigenvalue weighted by Gasteiger charge is 2.14. The summed E-state index contributed by atoms with van der Waals surface area (Å²) in [4.78, 5) is 6.80. The molecule has 0 saturated heterocycles. The first-order valence-electron chi connectivity index (χ1n) is 8.79. The van der Waals surface area contributed by atoms with E-state index >= 15 is 0 Å². The zero-order chi connectivity index (χ0) is 17.6. The van der Waals surface area contributed by atoms with Crippen LogP contribution in [0.1, 0.15) is 29.4 Å². The number of hydrogen-bond donors (Lipinski definition) is 0. The normalized spacial score (nSPS) is 12.5. The highest BCUT2D eigenvalue weighted by atomic mass is 15.3. The van der Waals surface area contributed by atoms with E-state index < -0.39 is 0 Å². The lowest BCUT2D eigenvalue weighted by atomic mass is 10.1. The van der Waals surface area contributed by atoms with E-state index in [4.69, 9.17) is 0 Å². The van der Waals surface area contributed by atoms with E-state index in [9.17, 15) is 0 Å². The van der Waals surface area contributed by atoms with Crippen molar-refractivity contribution in [3.05, 3.63) is 83.4 Å². The maximum absolute atomic E-state index is 4.59. The minimum atomic E-state index is 0.423. The van der Waals surface area contributed by atoms with Gasteiger partial charge in [-0.25, -0.2) is 0 Å². The van der Waals surface area contributed by atoms with Gasteiger partial charge in [-0.05, 0) is 38.6 Å². The standard InChI is InChI=1S/C21H26N4/c1-17(13-21-11-7-8-12-22-21)24(3)16-20-14-23-25(18(20)2)15-19-9-5-4-6-10-19/h4-12,14,17H,13,15-16H2,1-3H3/t17-/m0/s1. The van der Waals surface area contributed by atoms with Gasteiger partial charge >= 0.3 is 0 Å². The van der Waals surface area contributed by atoms with Gasteiger partial charge in [0.15, 0.2) is 0 Å². The molecular weight excluding hydrogens is 308 g/mol. The molecule has 0 spiro atoms. The summed E-state index contributed by atoms with van der Waals surface area (Å²) in [6, 6.07) is 17.0. The molecule has 4 nitrogen and oxygen atoms in total. The molecule has 3 rings (SSSR count). The van der Waals surface area contributed by atoms with E-state index in [0.717, 1.165) is 25.2 Å². The summed E-state index contributed by atoms with van der Waals surface area (Å²) in [6.07, 6.45) is 4.82. The van der Waals surface area contributed by atoms with Gasteiger partial charge in [0, 0.05) is 42.2 Å². The van der Waals surface area contributed by atoms with Gasteiger partial charge in [-0.15, -0.1) is 0 Å². The van der Waals surface area contributed by atoms with E-state index in [0.29, 0.717) is 6.04 Å². The van der Waals surface area contributed by atoms with Crippen LogP contribution in [0.15, 0.2) is 60.9 Å². The van der Waals surface area contributed by atoms with Crippen LogP contribution in [0.4, 0.5) is 0 Å². The monoisotopic (exact) mass is 334 g/mol. The molecule has 0 saturated carbocycles. The Balaban J connectivity index is 1.62. The molecule has 0 aliphatic carbocycles. The van der Waals surface area contributed by atoms with Crippen molar-refractivity contribution in [1.82, 2.24) is 19.7 Å². The second kappa shape index (κ2) is 8.08. The molecule has 130 valence electrons. The minimum Gasteiger partial charge on any atom is -0.299 e. The second-order valence-corrected chi connectivity index (χ2v) is 6.69. The molecule has 0 radical (unpaired) electrons. The Morgan fingerprint density at radius 3 is 2.56 bits per heavy atom. The fourth-order valence-electron chi connectivity index (χ4n) is 2.96. The number of hydrogen-bond acceptors (Lipinski definition) is 3. The molecule has 2 aromatic heterocycles. The zero-order valence-corrected chi connectivity index (χ0v) is 15.3. The molecule has 1 aromatic carbocycles. The first-order chi connectivity index (χ1) is 12.1. The summed E-state index contributed by atoms with van der Waals surface area (Å²) in [5.41, 5.74) is 4.93.